The van der Waals surface area contributed by atoms with Crippen LogP contribution in [0.25, 0.3) is 11.0 Å². The van der Waals surface area contributed by atoms with Crippen LogP contribution in [0.1, 0.15) is 40.4 Å². The molecule has 2 aromatic rings. The zero-order valence-corrected chi connectivity index (χ0v) is 14.2. The van der Waals surface area contributed by atoms with E-state index in [2.05, 4.69) is 20.8 Å². The number of likely N-dealkylation sites (N-methyl/N-ethyl adjacent to an activating group) is 1. The number of amides is 1. The molecule has 0 fully saturated rings. The number of carbonyl (C=O) groups is 1. The van der Waals surface area contributed by atoms with Crippen LogP contribution in [0.5, 0.6) is 0 Å². The summed E-state index contributed by atoms with van der Waals surface area (Å²) in [5.41, 5.74) is 8.25. The van der Waals surface area contributed by atoms with Gasteiger partial charge in [-0.2, -0.15) is 0 Å². The van der Waals surface area contributed by atoms with E-state index < -0.39 is 0 Å². The summed E-state index contributed by atoms with van der Waals surface area (Å²) in [5, 5.41) is 0. The van der Waals surface area contributed by atoms with Crippen LogP contribution in [0.4, 0.5) is 5.69 Å². The highest BCUT2D eigenvalue weighted by Crippen LogP contribution is 2.29. The highest BCUT2D eigenvalue weighted by molar-refractivity contribution is 5.89. The third kappa shape index (κ3) is 2.93. The lowest BCUT2D eigenvalue weighted by Crippen LogP contribution is -2.34. The number of aromatic nitrogens is 2. The Morgan fingerprint density at radius 3 is 2.45 bits per heavy atom. The van der Waals surface area contributed by atoms with Crippen LogP contribution in [0.2, 0.25) is 0 Å². The maximum Gasteiger partial charge on any atom is 0.242 e. The molecule has 1 heterocycles. The number of benzene rings is 1. The van der Waals surface area contributed by atoms with Gasteiger partial charge in [-0.15, -0.1) is 0 Å². The van der Waals surface area contributed by atoms with Gasteiger partial charge in [-0.3, -0.25) is 4.79 Å². The standard InChI is InChI=1S/C17H26N4O/c1-6-20(7-2)14(22)11-21-13-10-8-9-12(18)15(13)19-16(21)17(3,4)5/h8-10H,6-7,11,18H2,1-5H3. The number of nitrogens with two attached hydrogens (primary N) is 1. The molecule has 0 aliphatic carbocycles. The third-order valence-electron chi connectivity index (χ3n) is 3.89. The van der Waals surface area contributed by atoms with E-state index in [1.54, 1.807) is 0 Å². The molecule has 5 heteroatoms. The lowest BCUT2D eigenvalue weighted by atomic mass is 9.95. The molecule has 5 nitrogen and oxygen atoms in total. The first kappa shape index (κ1) is 16.3. The van der Waals surface area contributed by atoms with Gasteiger partial charge in [0.25, 0.3) is 0 Å². The molecule has 0 unspecified atom stereocenters. The lowest BCUT2D eigenvalue weighted by molar-refractivity contribution is -0.131. The molecule has 1 amide bonds. The molecular formula is C17H26N4O. The number of carbonyl (C=O) groups excluding carboxylic acids is 1. The monoisotopic (exact) mass is 302 g/mol. The molecule has 0 bridgehead atoms. The number of hydrogen-bond acceptors (Lipinski definition) is 3. The predicted molar refractivity (Wildman–Crippen MR) is 90.8 cm³/mol. The van der Waals surface area contributed by atoms with Gasteiger partial charge in [0.2, 0.25) is 5.91 Å². The van der Waals surface area contributed by atoms with Crippen LogP contribution in [0.3, 0.4) is 0 Å². The normalized spacial score (nSPS) is 11.9. The van der Waals surface area contributed by atoms with E-state index in [0.29, 0.717) is 12.2 Å². The van der Waals surface area contributed by atoms with E-state index in [1.165, 1.54) is 0 Å². The van der Waals surface area contributed by atoms with Crippen LogP contribution < -0.4 is 5.73 Å². The van der Waals surface area contributed by atoms with Crippen LogP contribution in [-0.4, -0.2) is 33.4 Å². The van der Waals surface area contributed by atoms with Crippen LogP contribution >= 0.6 is 0 Å². The summed E-state index contributed by atoms with van der Waals surface area (Å²) >= 11 is 0. The Hall–Kier alpha value is -2.04. The fourth-order valence-corrected chi connectivity index (χ4v) is 2.71. The average Bonchev–Trinajstić information content (AvgIpc) is 2.80. The number of anilines is 1. The second-order valence-electron chi connectivity index (χ2n) is 6.55. The maximum absolute atomic E-state index is 12.5. The summed E-state index contributed by atoms with van der Waals surface area (Å²) in [6.07, 6.45) is 0. The van der Waals surface area contributed by atoms with Gasteiger partial charge < -0.3 is 15.2 Å². The molecule has 0 aliphatic rings. The Bertz CT molecular complexity index is 678. The SMILES string of the molecule is CCN(CC)C(=O)Cn1c(C(C)(C)C)nc2c(N)cccc21. The van der Waals surface area contributed by atoms with Gasteiger partial charge in [0.1, 0.15) is 17.9 Å². The van der Waals surface area contributed by atoms with Crippen molar-refractivity contribution in [1.82, 2.24) is 14.5 Å². The number of nitrogens with zero attached hydrogens (tertiary/aromatic N) is 3. The van der Waals surface area contributed by atoms with Crippen LogP contribution in [0, 0.1) is 0 Å². The molecule has 120 valence electrons. The third-order valence-corrected chi connectivity index (χ3v) is 3.89. The molecule has 22 heavy (non-hydrogen) atoms. The van der Waals surface area contributed by atoms with Gasteiger partial charge in [0.05, 0.1) is 11.2 Å². The van der Waals surface area contributed by atoms with Gasteiger partial charge in [0, 0.05) is 18.5 Å². The molecule has 2 N–H and O–H groups in total. The van der Waals surface area contributed by atoms with Gasteiger partial charge in [-0.1, -0.05) is 26.8 Å². The van der Waals surface area contributed by atoms with Gasteiger partial charge >= 0.3 is 0 Å². The Kier molecular flexibility index (Phi) is 4.44. The minimum Gasteiger partial charge on any atom is -0.397 e. The lowest BCUT2D eigenvalue weighted by Gasteiger charge is -2.23. The fourth-order valence-electron chi connectivity index (χ4n) is 2.71. The minimum absolute atomic E-state index is 0.109. The summed E-state index contributed by atoms with van der Waals surface area (Å²) in [4.78, 5) is 19.1. The first-order valence-corrected chi connectivity index (χ1v) is 7.82. The Morgan fingerprint density at radius 2 is 1.91 bits per heavy atom. The van der Waals surface area contributed by atoms with Crippen LogP contribution in [0.15, 0.2) is 18.2 Å². The Balaban J connectivity index is 2.55. The zero-order chi connectivity index (χ0) is 16.5. The number of hydrogen-bond donors (Lipinski definition) is 1. The average molecular weight is 302 g/mol. The molecule has 1 aromatic carbocycles. The van der Waals surface area contributed by atoms with Crippen molar-refractivity contribution in [3.63, 3.8) is 0 Å². The molecule has 1 aromatic heterocycles. The largest absolute Gasteiger partial charge is 0.397 e. The van der Waals surface area contributed by atoms with Gasteiger partial charge in [0.15, 0.2) is 0 Å². The molecule has 0 atom stereocenters. The first-order valence-electron chi connectivity index (χ1n) is 7.82. The highest BCUT2D eigenvalue weighted by atomic mass is 16.2. The van der Waals surface area contributed by atoms with Gasteiger partial charge in [-0.05, 0) is 26.0 Å². The summed E-state index contributed by atoms with van der Waals surface area (Å²) in [6.45, 7) is 12.0. The van der Waals surface area contributed by atoms with Crippen molar-refractivity contribution in [3.8, 4) is 0 Å². The van der Waals surface area contributed by atoms with E-state index in [-0.39, 0.29) is 11.3 Å². The molecule has 0 saturated carbocycles. The molecule has 0 spiro atoms. The summed E-state index contributed by atoms with van der Waals surface area (Å²) in [7, 11) is 0. The fraction of sp³-hybridized carbons (Fsp3) is 0.529. The molecule has 0 saturated heterocycles. The Labute approximate surface area is 132 Å². The first-order chi connectivity index (χ1) is 10.3. The van der Waals surface area contributed by atoms with Crippen molar-refractivity contribution in [2.75, 3.05) is 18.8 Å². The van der Waals surface area contributed by atoms with Crippen LogP contribution in [-0.2, 0) is 16.8 Å². The second-order valence-corrected chi connectivity index (χ2v) is 6.55. The number of fused-ring (bicyclic) bond motifs is 1. The van der Waals surface area contributed by atoms with Crippen molar-refractivity contribution in [1.29, 1.82) is 0 Å². The number of nitrogen functional groups attached to an aromatic ring is 1. The van der Waals surface area contributed by atoms with E-state index >= 15 is 0 Å². The Morgan fingerprint density at radius 1 is 1.27 bits per heavy atom. The van der Waals surface area contributed by atoms with Crippen molar-refractivity contribution in [2.24, 2.45) is 0 Å². The van der Waals surface area contributed by atoms with Crippen molar-refractivity contribution < 1.29 is 4.79 Å². The van der Waals surface area contributed by atoms with Gasteiger partial charge in [-0.25, -0.2) is 4.98 Å². The van der Waals surface area contributed by atoms with E-state index in [0.717, 1.165) is 29.9 Å². The number of para-hydroxylation sites is 1. The topological polar surface area (TPSA) is 64.2 Å². The molecule has 0 radical (unpaired) electrons. The summed E-state index contributed by atoms with van der Waals surface area (Å²) < 4.78 is 2.01. The van der Waals surface area contributed by atoms with E-state index in [4.69, 9.17) is 10.7 Å². The van der Waals surface area contributed by atoms with E-state index in [9.17, 15) is 4.79 Å². The number of imidazole rings is 1. The van der Waals surface area contributed by atoms with E-state index in [1.807, 2.05) is 41.5 Å². The molecule has 2 rings (SSSR count). The minimum atomic E-state index is -0.158. The summed E-state index contributed by atoms with van der Waals surface area (Å²) in [5.74, 6) is 0.998. The molecular weight excluding hydrogens is 276 g/mol. The second kappa shape index (κ2) is 5.99. The van der Waals surface area contributed by atoms with Crippen molar-refractivity contribution in [2.45, 2.75) is 46.6 Å². The maximum atomic E-state index is 12.5. The van der Waals surface area contributed by atoms with Crippen molar-refractivity contribution >= 4 is 22.6 Å². The smallest absolute Gasteiger partial charge is 0.242 e. The summed E-state index contributed by atoms with van der Waals surface area (Å²) in [6, 6.07) is 5.73. The zero-order valence-electron chi connectivity index (χ0n) is 14.2. The number of rotatable bonds is 4. The predicted octanol–water partition coefficient (Wildman–Crippen LogP) is 2.78. The van der Waals surface area contributed by atoms with Crippen molar-refractivity contribution in [3.05, 3.63) is 24.0 Å². The highest BCUT2D eigenvalue weighted by Gasteiger charge is 2.25. The molecule has 0 aliphatic heterocycles. The quantitative estimate of drug-likeness (QED) is 0.883.